The fourth-order valence-electron chi connectivity index (χ4n) is 3.04. The van der Waals surface area contributed by atoms with Gasteiger partial charge in [0.05, 0.1) is 6.54 Å². The Morgan fingerprint density at radius 2 is 1.95 bits per heavy atom. The van der Waals surface area contributed by atoms with Gasteiger partial charge in [-0.3, -0.25) is 19.8 Å². The molecule has 1 aromatic heterocycles. The molecule has 2 aliphatic rings. The highest BCUT2D eigenvalue weighted by Crippen LogP contribution is 2.40. The van der Waals surface area contributed by atoms with Crippen molar-refractivity contribution in [2.75, 3.05) is 0 Å². The van der Waals surface area contributed by atoms with E-state index in [1.807, 2.05) is 16.8 Å². The van der Waals surface area contributed by atoms with Crippen molar-refractivity contribution >= 4 is 29.2 Å². The van der Waals surface area contributed by atoms with E-state index in [4.69, 9.17) is 0 Å². The Morgan fingerprint density at radius 1 is 1.20 bits per heavy atom. The predicted molar refractivity (Wildman–Crippen MR) is 73.9 cm³/mol. The SMILES string of the molecule is O=C1NC(=O)C2(CCCCC2)C(=O)N1Cc1ccsc1. The van der Waals surface area contributed by atoms with Crippen LogP contribution in [0.5, 0.6) is 0 Å². The summed E-state index contributed by atoms with van der Waals surface area (Å²) in [6.45, 7) is 0.239. The van der Waals surface area contributed by atoms with Crippen molar-refractivity contribution in [3.63, 3.8) is 0 Å². The van der Waals surface area contributed by atoms with Crippen molar-refractivity contribution < 1.29 is 14.4 Å². The maximum absolute atomic E-state index is 12.7. The number of carbonyl (C=O) groups is 3. The van der Waals surface area contributed by atoms with Crippen LogP contribution < -0.4 is 5.32 Å². The van der Waals surface area contributed by atoms with E-state index >= 15 is 0 Å². The highest BCUT2D eigenvalue weighted by molar-refractivity contribution is 7.07. The molecule has 1 aliphatic heterocycles. The molecular formula is C14H16N2O3S. The summed E-state index contributed by atoms with van der Waals surface area (Å²) in [4.78, 5) is 38.0. The Bertz CT molecular complexity index is 547. The number of thiophene rings is 1. The summed E-state index contributed by atoms with van der Waals surface area (Å²) in [6.07, 6.45) is 3.86. The number of imide groups is 2. The lowest BCUT2D eigenvalue weighted by atomic mass is 9.71. The molecule has 2 fully saturated rings. The monoisotopic (exact) mass is 292 g/mol. The number of hydrogen-bond acceptors (Lipinski definition) is 4. The van der Waals surface area contributed by atoms with Crippen LogP contribution >= 0.6 is 11.3 Å². The molecule has 1 saturated heterocycles. The normalized spacial score (nSPS) is 22.2. The number of rotatable bonds is 2. The molecule has 1 spiro atoms. The number of amides is 4. The minimum Gasteiger partial charge on any atom is -0.277 e. The van der Waals surface area contributed by atoms with Gasteiger partial charge in [0.25, 0.3) is 0 Å². The molecule has 0 unspecified atom stereocenters. The van der Waals surface area contributed by atoms with Crippen molar-refractivity contribution in [2.24, 2.45) is 5.41 Å². The van der Waals surface area contributed by atoms with Crippen LogP contribution in [0.1, 0.15) is 37.7 Å². The summed E-state index contributed by atoms with van der Waals surface area (Å²) in [5.41, 5.74) is -0.0962. The quantitative estimate of drug-likeness (QED) is 0.850. The molecule has 0 bridgehead atoms. The van der Waals surface area contributed by atoms with E-state index in [1.54, 1.807) is 0 Å². The van der Waals surface area contributed by atoms with Crippen molar-refractivity contribution in [3.8, 4) is 0 Å². The minimum atomic E-state index is -1.01. The summed E-state index contributed by atoms with van der Waals surface area (Å²) in [7, 11) is 0. The molecule has 4 amide bonds. The Labute approximate surface area is 121 Å². The Kier molecular flexibility index (Phi) is 3.33. The number of barbiturate groups is 1. The second kappa shape index (κ2) is 5.01. The van der Waals surface area contributed by atoms with Gasteiger partial charge in [-0.25, -0.2) is 4.79 Å². The van der Waals surface area contributed by atoms with Crippen LogP contribution in [-0.2, 0) is 16.1 Å². The molecule has 1 saturated carbocycles. The maximum atomic E-state index is 12.7. The molecule has 5 nitrogen and oxygen atoms in total. The molecule has 1 aromatic rings. The van der Waals surface area contributed by atoms with Gasteiger partial charge in [0.15, 0.2) is 0 Å². The third kappa shape index (κ3) is 2.04. The van der Waals surface area contributed by atoms with Crippen LogP contribution in [0.2, 0.25) is 0 Å². The van der Waals surface area contributed by atoms with E-state index in [0.717, 1.165) is 24.8 Å². The second-order valence-corrected chi connectivity index (χ2v) is 6.20. The van der Waals surface area contributed by atoms with Crippen molar-refractivity contribution in [1.29, 1.82) is 0 Å². The summed E-state index contributed by atoms with van der Waals surface area (Å²) in [6, 6.07) is 1.29. The largest absolute Gasteiger partial charge is 0.331 e. The van der Waals surface area contributed by atoms with E-state index < -0.39 is 17.4 Å². The Morgan fingerprint density at radius 3 is 2.60 bits per heavy atom. The molecule has 2 heterocycles. The molecular weight excluding hydrogens is 276 g/mol. The van der Waals surface area contributed by atoms with Crippen molar-refractivity contribution in [1.82, 2.24) is 10.2 Å². The first-order chi connectivity index (χ1) is 9.63. The lowest BCUT2D eigenvalue weighted by Crippen LogP contribution is -2.63. The number of nitrogens with one attached hydrogen (secondary N) is 1. The fourth-order valence-corrected chi connectivity index (χ4v) is 3.70. The molecule has 0 radical (unpaired) electrons. The first-order valence-electron chi connectivity index (χ1n) is 6.82. The van der Waals surface area contributed by atoms with Crippen LogP contribution in [0, 0.1) is 5.41 Å². The second-order valence-electron chi connectivity index (χ2n) is 5.42. The fraction of sp³-hybridized carbons (Fsp3) is 0.500. The van der Waals surface area contributed by atoms with E-state index in [2.05, 4.69) is 5.32 Å². The third-order valence-corrected chi connectivity index (χ3v) is 4.91. The number of carbonyl (C=O) groups excluding carboxylic acids is 3. The summed E-state index contributed by atoms with van der Waals surface area (Å²) >= 11 is 1.52. The van der Waals surface area contributed by atoms with Gasteiger partial charge in [-0.15, -0.1) is 0 Å². The van der Waals surface area contributed by atoms with Crippen LogP contribution in [0.15, 0.2) is 16.8 Å². The maximum Gasteiger partial charge on any atom is 0.331 e. The lowest BCUT2D eigenvalue weighted by Gasteiger charge is -2.41. The van der Waals surface area contributed by atoms with Gasteiger partial charge >= 0.3 is 6.03 Å². The third-order valence-electron chi connectivity index (χ3n) is 4.18. The molecule has 6 heteroatoms. The van der Waals surface area contributed by atoms with Crippen LogP contribution in [-0.4, -0.2) is 22.7 Å². The smallest absolute Gasteiger partial charge is 0.277 e. The Balaban J connectivity index is 1.88. The average Bonchev–Trinajstić information content (AvgIpc) is 2.96. The first-order valence-corrected chi connectivity index (χ1v) is 7.76. The highest BCUT2D eigenvalue weighted by atomic mass is 32.1. The molecule has 0 aromatic carbocycles. The molecule has 1 aliphatic carbocycles. The van der Waals surface area contributed by atoms with Gasteiger partial charge in [0.2, 0.25) is 11.8 Å². The van der Waals surface area contributed by atoms with Crippen LogP contribution in [0.25, 0.3) is 0 Å². The zero-order valence-corrected chi connectivity index (χ0v) is 11.9. The summed E-state index contributed by atoms with van der Waals surface area (Å²) in [5.74, 6) is -0.731. The van der Waals surface area contributed by atoms with Crippen LogP contribution in [0.3, 0.4) is 0 Å². The zero-order valence-electron chi connectivity index (χ0n) is 11.1. The number of hydrogen-bond donors (Lipinski definition) is 1. The van der Waals surface area contributed by atoms with Gasteiger partial charge in [0, 0.05) is 0 Å². The van der Waals surface area contributed by atoms with Crippen molar-refractivity contribution in [2.45, 2.75) is 38.6 Å². The molecule has 0 atom stereocenters. The van der Waals surface area contributed by atoms with Gasteiger partial charge in [-0.05, 0) is 35.2 Å². The van der Waals surface area contributed by atoms with E-state index in [9.17, 15) is 14.4 Å². The summed E-state index contributed by atoms with van der Waals surface area (Å²) in [5, 5.41) is 6.18. The lowest BCUT2D eigenvalue weighted by molar-refractivity contribution is -0.154. The van der Waals surface area contributed by atoms with Gasteiger partial charge in [-0.1, -0.05) is 19.3 Å². The molecule has 1 N–H and O–H groups in total. The van der Waals surface area contributed by atoms with Gasteiger partial charge < -0.3 is 0 Å². The zero-order chi connectivity index (χ0) is 14.2. The number of urea groups is 1. The number of nitrogens with zero attached hydrogens (tertiary/aromatic N) is 1. The molecule has 106 valence electrons. The first kappa shape index (κ1) is 13.3. The summed E-state index contributed by atoms with van der Waals surface area (Å²) < 4.78 is 0. The Hall–Kier alpha value is -1.69. The van der Waals surface area contributed by atoms with E-state index in [-0.39, 0.29) is 12.5 Å². The van der Waals surface area contributed by atoms with E-state index in [0.29, 0.717) is 12.8 Å². The topological polar surface area (TPSA) is 66.5 Å². The van der Waals surface area contributed by atoms with Gasteiger partial charge in [-0.2, -0.15) is 11.3 Å². The van der Waals surface area contributed by atoms with E-state index in [1.165, 1.54) is 16.2 Å². The minimum absolute atomic E-state index is 0.239. The van der Waals surface area contributed by atoms with Gasteiger partial charge in [0.1, 0.15) is 5.41 Å². The predicted octanol–water partition coefficient (Wildman–Crippen LogP) is 2.28. The average molecular weight is 292 g/mol. The standard InChI is InChI=1S/C14H16N2O3S/c17-11-14(5-2-1-3-6-14)12(18)16(13(19)15-11)8-10-4-7-20-9-10/h4,7,9H,1-3,5-6,8H2,(H,15,17,19). The molecule has 20 heavy (non-hydrogen) atoms. The molecule has 3 rings (SSSR count). The highest BCUT2D eigenvalue weighted by Gasteiger charge is 2.53. The van der Waals surface area contributed by atoms with Crippen LogP contribution in [0.4, 0.5) is 4.79 Å². The van der Waals surface area contributed by atoms with Crippen molar-refractivity contribution in [3.05, 3.63) is 22.4 Å².